The van der Waals surface area contributed by atoms with E-state index in [1.807, 2.05) is 0 Å². The lowest BCUT2D eigenvalue weighted by atomic mass is 9.57. The number of likely N-dealkylation sites (N-methyl/N-ethyl adjacent to an activating group) is 1. The van der Waals surface area contributed by atoms with Crippen molar-refractivity contribution in [3.05, 3.63) is 63.4 Å². The second-order valence-electron chi connectivity index (χ2n) is 9.03. The van der Waals surface area contributed by atoms with E-state index in [4.69, 9.17) is 5.73 Å². The summed E-state index contributed by atoms with van der Waals surface area (Å²) in [4.78, 5) is 38.4. The Hall–Kier alpha value is -3.70. The fourth-order valence-corrected chi connectivity index (χ4v) is 5.64. The number of fused-ring (bicyclic) bond motifs is 3. The SMILES string of the molecule is C=C1C(C(N)=O)=C(O)[C@@H](N(C)C)[C@@H]2C[C@@H]3Cc4cc(F)c(C(=O)O)c(O)c4C(=O)C3=C(O)[C@]12O. The van der Waals surface area contributed by atoms with Gasteiger partial charge in [0.1, 0.15) is 28.6 Å². The van der Waals surface area contributed by atoms with Crippen LogP contribution in [0, 0.1) is 17.7 Å². The maximum Gasteiger partial charge on any atom is 0.342 e. The van der Waals surface area contributed by atoms with Gasteiger partial charge in [-0.2, -0.15) is 0 Å². The van der Waals surface area contributed by atoms with Crippen molar-refractivity contribution in [2.24, 2.45) is 17.6 Å². The predicted octanol–water partition coefficient (Wildman–Crippen LogP) is 0.945. The molecule has 0 heterocycles. The summed E-state index contributed by atoms with van der Waals surface area (Å²) in [5.74, 6) is -9.18. The molecule has 0 saturated carbocycles. The molecular weight excluding hydrogens is 451 g/mol. The zero-order chi connectivity index (χ0) is 25.4. The second kappa shape index (κ2) is 7.40. The highest BCUT2D eigenvalue weighted by Crippen LogP contribution is 2.55. The zero-order valence-corrected chi connectivity index (χ0v) is 18.3. The Morgan fingerprint density at radius 3 is 2.41 bits per heavy atom. The summed E-state index contributed by atoms with van der Waals surface area (Å²) in [5, 5.41) is 53.4. The number of amides is 1. The maximum atomic E-state index is 14.4. The Balaban J connectivity index is 1.98. The monoisotopic (exact) mass is 474 g/mol. The number of carboxylic acids is 1. The molecule has 7 N–H and O–H groups in total. The number of carbonyl (C=O) groups excluding carboxylic acids is 2. The van der Waals surface area contributed by atoms with Crippen LogP contribution in [0.4, 0.5) is 4.39 Å². The van der Waals surface area contributed by atoms with E-state index in [-0.39, 0.29) is 24.0 Å². The van der Waals surface area contributed by atoms with Gasteiger partial charge >= 0.3 is 5.97 Å². The first-order valence-electron chi connectivity index (χ1n) is 10.3. The van der Waals surface area contributed by atoms with E-state index in [2.05, 4.69) is 6.58 Å². The molecule has 0 spiro atoms. The minimum Gasteiger partial charge on any atom is -0.510 e. The van der Waals surface area contributed by atoms with Gasteiger partial charge in [-0.25, -0.2) is 9.18 Å². The molecule has 4 atom stereocenters. The fraction of sp³-hybridized carbons (Fsp3) is 0.348. The van der Waals surface area contributed by atoms with E-state index in [1.54, 1.807) is 14.1 Å². The van der Waals surface area contributed by atoms with E-state index in [0.717, 1.165) is 6.07 Å². The molecule has 3 aliphatic rings. The van der Waals surface area contributed by atoms with Gasteiger partial charge in [-0.1, -0.05) is 6.58 Å². The molecule has 0 unspecified atom stereocenters. The first kappa shape index (κ1) is 23.5. The highest BCUT2D eigenvalue weighted by molar-refractivity contribution is 6.15. The van der Waals surface area contributed by atoms with Gasteiger partial charge < -0.3 is 31.3 Å². The molecule has 180 valence electrons. The van der Waals surface area contributed by atoms with Crippen LogP contribution < -0.4 is 5.73 Å². The predicted molar refractivity (Wildman–Crippen MR) is 115 cm³/mol. The molecule has 1 aromatic carbocycles. The molecule has 0 saturated heterocycles. The molecule has 0 radical (unpaired) electrons. The second-order valence-corrected chi connectivity index (χ2v) is 9.03. The van der Waals surface area contributed by atoms with Crippen LogP contribution >= 0.6 is 0 Å². The lowest BCUT2D eigenvalue weighted by molar-refractivity contribution is -0.115. The van der Waals surface area contributed by atoms with Crippen molar-refractivity contribution in [1.29, 1.82) is 0 Å². The number of phenols is 1. The number of halogens is 1. The number of ketones is 1. The molecule has 0 bridgehead atoms. The number of aliphatic hydroxyl groups is 3. The Kier molecular flexibility index (Phi) is 5.11. The number of hydrogen-bond acceptors (Lipinski definition) is 8. The molecule has 11 heteroatoms. The Labute approximate surface area is 192 Å². The van der Waals surface area contributed by atoms with Gasteiger partial charge in [-0.3, -0.25) is 14.5 Å². The lowest BCUT2D eigenvalue weighted by Gasteiger charge is -2.52. The molecule has 10 nitrogen and oxygen atoms in total. The number of aromatic hydroxyl groups is 1. The van der Waals surface area contributed by atoms with Gasteiger partial charge in [-0.05, 0) is 44.5 Å². The van der Waals surface area contributed by atoms with Gasteiger partial charge in [0, 0.05) is 17.1 Å². The van der Waals surface area contributed by atoms with Gasteiger partial charge in [0.15, 0.2) is 11.4 Å². The molecule has 0 aliphatic heterocycles. The van der Waals surface area contributed by atoms with Crippen LogP contribution in [0.5, 0.6) is 5.75 Å². The van der Waals surface area contributed by atoms with Crippen molar-refractivity contribution in [3.63, 3.8) is 0 Å². The summed E-state index contributed by atoms with van der Waals surface area (Å²) in [7, 11) is 3.15. The first-order valence-corrected chi connectivity index (χ1v) is 10.3. The van der Waals surface area contributed by atoms with Crippen LogP contribution in [0.15, 0.2) is 40.9 Å². The summed E-state index contributed by atoms with van der Waals surface area (Å²) < 4.78 is 14.4. The summed E-state index contributed by atoms with van der Waals surface area (Å²) in [6, 6.07) is -0.130. The number of rotatable bonds is 3. The Morgan fingerprint density at radius 1 is 1.26 bits per heavy atom. The molecule has 0 fully saturated rings. The van der Waals surface area contributed by atoms with E-state index in [1.165, 1.54) is 4.90 Å². The summed E-state index contributed by atoms with van der Waals surface area (Å²) in [6.07, 6.45) is -0.0562. The number of aromatic carboxylic acids is 1. The lowest BCUT2D eigenvalue weighted by Crippen LogP contribution is -2.60. The van der Waals surface area contributed by atoms with E-state index in [0.29, 0.717) is 0 Å². The number of carbonyl (C=O) groups is 3. The number of carboxylic acid groups (broad SMARTS) is 1. The minimum absolute atomic E-state index is 0.00209. The number of aliphatic hydroxyl groups excluding tert-OH is 2. The molecule has 3 aliphatic carbocycles. The number of nitrogens with zero attached hydrogens (tertiary/aromatic N) is 1. The van der Waals surface area contributed by atoms with Gasteiger partial charge in [0.25, 0.3) is 5.91 Å². The molecule has 1 aromatic rings. The van der Waals surface area contributed by atoms with Gasteiger partial charge in [0.2, 0.25) is 0 Å². The van der Waals surface area contributed by atoms with Crippen LogP contribution in [0.3, 0.4) is 0 Å². The van der Waals surface area contributed by atoms with Crippen molar-refractivity contribution in [3.8, 4) is 5.75 Å². The molecule has 1 amide bonds. The number of allylic oxidation sites excluding steroid dienone is 1. The molecule has 4 rings (SSSR count). The third-order valence-corrected chi connectivity index (χ3v) is 7.07. The summed E-state index contributed by atoms with van der Waals surface area (Å²) in [6.45, 7) is 3.67. The fourth-order valence-electron chi connectivity index (χ4n) is 5.64. The molecule has 0 aromatic heterocycles. The quantitative estimate of drug-likeness (QED) is 0.371. The normalized spacial score (nSPS) is 28.6. The van der Waals surface area contributed by atoms with Gasteiger partial charge in [0.05, 0.1) is 17.2 Å². The van der Waals surface area contributed by atoms with Crippen molar-refractivity contribution in [1.82, 2.24) is 4.90 Å². The molecule has 34 heavy (non-hydrogen) atoms. The smallest absolute Gasteiger partial charge is 0.342 e. The minimum atomic E-state index is -2.37. The number of hydrogen-bond donors (Lipinski definition) is 6. The van der Waals surface area contributed by atoms with Crippen LogP contribution in [-0.2, 0) is 11.2 Å². The molecular formula is C23H23FN2O8. The standard InChI is InChI=1S/C23H23FN2O8/c1-7-12(21(25)31)19(29)16(26(2)3)10-5-8-4-9-6-11(24)15(22(32)33)18(28)13(9)17(27)14(8)20(30)23(7,10)34/h6,8,10,16,28-30,34H,1,4-5H2,2-3H3,(H2,25,31)(H,32,33)/t8-,10-,16-,23-/m0/s1. The van der Waals surface area contributed by atoms with E-state index >= 15 is 0 Å². The van der Waals surface area contributed by atoms with E-state index in [9.17, 15) is 44.3 Å². The topological polar surface area (TPSA) is 182 Å². The summed E-state index contributed by atoms with van der Waals surface area (Å²) in [5.41, 5.74) is 0.324. The number of benzene rings is 1. The van der Waals surface area contributed by atoms with Crippen molar-refractivity contribution < 1.29 is 44.3 Å². The Morgan fingerprint density at radius 2 is 1.88 bits per heavy atom. The van der Waals surface area contributed by atoms with E-state index < -0.39 is 86.5 Å². The third-order valence-electron chi connectivity index (χ3n) is 7.07. The number of primary amides is 1. The average molecular weight is 474 g/mol. The first-order chi connectivity index (χ1) is 15.7. The number of Topliss-reactive ketones (excluding diaryl/α,β-unsaturated/α-hetero) is 1. The van der Waals surface area contributed by atoms with Crippen molar-refractivity contribution in [2.45, 2.75) is 24.5 Å². The maximum absolute atomic E-state index is 14.4. The van der Waals surface area contributed by atoms with Gasteiger partial charge in [-0.15, -0.1) is 0 Å². The van der Waals surface area contributed by atoms with Crippen molar-refractivity contribution in [2.75, 3.05) is 14.1 Å². The highest BCUT2D eigenvalue weighted by Gasteiger charge is 2.60. The van der Waals surface area contributed by atoms with Crippen LogP contribution in [0.25, 0.3) is 0 Å². The zero-order valence-electron chi connectivity index (χ0n) is 18.3. The summed E-state index contributed by atoms with van der Waals surface area (Å²) >= 11 is 0. The van der Waals surface area contributed by atoms with Crippen molar-refractivity contribution >= 4 is 17.7 Å². The largest absolute Gasteiger partial charge is 0.510 e. The van der Waals surface area contributed by atoms with Crippen LogP contribution in [0.1, 0.15) is 32.7 Å². The number of nitrogens with two attached hydrogens (primary N) is 1. The van der Waals surface area contributed by atoms with Crippen LogP contribution in [0.2, 0.25) is 0 Å². The highest BCUT2D eigenvalue weighted by atomic mass is 19.1. The average Bonchev–Trinajstić information content (AvgIpc) is 2.69. The van der Waals surface area contributed by atoms with Crippen LogP contribution in [-0.4, -0.2) is 73.8 Å². The Bertz CT molecular complexity index is 1260. The third kappa shape index (κ3) is 2.83.